The van der Waals surface area contributed by atoms with Crippen molar-refractivity contribution >= 4 is 6.03 Å². The lowest BCUT2D eigenvalue weighted by Crippen LogP contribution is -2.39. The average molecular weight is 401 g/mol. The van der Waals surface area contributed by atoms with Crippen LogP contribution in [-0.4, -0.2) is 22.4 Å². The Morgan fingerprint density at radius 3 is 2.10 bits per heavy atom. The van der Waals surface area contributed by atoms with E-state index in [9.17, 15) is 4.79 Å². The van der Waals surface area contributed by atoms with Crippen molar-refractivity contribution in [2.75, 3.05) is 6.54 Å². The summed E-state index contributed by atoms with van der Waals surface area (Å²) in [7, 11) is 0. The highest BCUT2D eigenvalue weighted by molar-refractivity contribution is 5.75. The molecular weight excluding hydrogens is 372 g/mol. The van der Waals surface area contributed by atoms with Gasteiger partial charge in [-0.2, -0.15) is 5.10 Å². The molecule has 154 valence electrons. The average Bonchev–Trinajstić information content (AvgIpc) is 3.72. The molecule has 0 saturated heterocycles. The molecule has 1 aromatic heterocycles. The maximum atomic E-state index is 12.7. The molecule has 0 bridgehead atoms. The van der Waals surface area contributed by atoms with E-state index in [0.717, 1.165) is 11.1 Å². The third-order valence-electron chi connectivity index (χ3n) is 5.97. The van der Waals surface area contributed by atoms with Crippen LogP contribution in [0.15, 0.2) is 66.7 Å². The van der Waals surface area contributed by atoms with Crippen molar-refractivity contribution in [3.63, 3.8) is 0 Å². The van der Waals surface area contributed by atoms with E-state index in [1.54, 1.807) is 0 Å². The molecule has 5 heteroatoms. The van der Waals surface area contributed by atoms with Crippen LogP contribution >= 0.6 is 0 Å². The number of hydrogen-bond acceptors (Lipinski definition) is 2. The summed E-state index contributed by atoms with van der Waals surface area (Å²) in [6, 6.07) is 22.1. The number of rotatable bonds is 8. The van der Waals surface area contributed by atoms with Gasteiger partial charge < -0.3 is 10.6 Å². The van der Waals surface area contributed by atoms with Gasteiger partial charge >= 0.3 is 6.03 Å². The normalized spacial score (nSPS) is 15.9. The first-order chi connectivity index (χ1) is 14.8. The maximum absolute atomic E-state index is 12.7. The topological polar surface area (TPSA) is 59.0 Å². The first kappa shape index (κ1) is 18.9. The highest BCUT2D eigenvalue weighted by Crippen LogP contribution is 2.44. The molecule has 0 aliphatic heterocycles. The van der Waals surface area contributed by atoms with E-state index in [0.29, 0.717) is 24.9 Å². The van der Waals surface area contributed by atoms with Gasteiger partial charge in [-0.25, -0.2) is 4.79 Å². The van der Waals surface area contributed by atoms with Crippen LogP contribution in [0.4, 0.5) is 4.79 Å². The van der Waals surface area contributed by atoms with E-state index in [1.165, 1.54) is 37.1 Å². The van der Waals surface area contributed by atoms with Crippen molar-refractivity contribution in [3.8, 4) is 0 Å². The van der Waals surface area contributed by atoms with Crippen LogP contribution in [0, 0.1) is 0 Å². The molecule has 3 aromatic rings. The molecule has 2 aliphatic carbocycles. The fraction of sp³-hybridized carbons (Fsp3) is 0.360. The van der Waals surface area contributed by atoms with Crippen LogP contribution in [0.2, 0.25) is 0 Å². The van der Waals surface area contributed by atoms with Gasteiger partial charge in [0, 0.05) is 24.1 Å². The number of carbonyl (C=O) groups is 1. The number of hydrogen-bond donors (Lipinski definition) is 2. The Balaban J connectivity index is 1.22. The number of benzene rings is 2. The molecule has 2 N–H and O–H groups in total. The number of aromatic nitrogens is 2. The Bertz CT molecular complexity index is 951. The second-order valence-electron chi connectivity index (χ2n) is 8.42. The molecule has 2 saturated carbocycles. The molecule has 0 unspecified atom stereocenters. The number of carbonyl (C=O) groups excluding carboxylic acids is 1. The van der Waals surface area contributed by atoms with Gasteiger partial charge in [0.1, 0.15) is 0 Å². The van der Waals surface area contributed by atoms with Gasteiger partial charge in [0.2, 0.25) is 0 Å². The standard InChI is InChI=1S/C25H28N4O/c30-25(27-24(20-7-3-1-4-8-20)21-9-5-2-6-10-21)26-15-16-29-23(19-13-14-19)17-22(28-29)18-11-12-18/h1-10,17-19,24H,11-16H2,(H2,26,27,30). The zero-order chi connectivity index (χ0) is 20.3. The molecule has 2 aliphatic rings. The van der Waals surface area contributed by atoms with Crippen molar-refractivity contribution in [1.29, 1.82) is 0 Å². The van der Waals surface area contributed by atoms with Crippen molar-refractivity contribution < 1.29 is 4.79 Å². The van der Waals surface area contributed by atoms with Crippen LogP contribution < -0.4 is 10.6 Å². The molecule has 5 rings (SSSR count). The van der Waals surface area contributed by atoms with Gasteiger partial charge in [-0.3, -0.25) is 4.68 Å². The van der Waals surface area contributed by atoms with E-state index in [4.69, 9.17) is 5.10 Å². The van der Waals surface area contributed by atoms with Crippen LogP contribution in [0.1, 0.15) is 66.1 Å². The molecule has 2 fully saturated rings. The third-order valence-corrected chi connectivity index (χ3v) is 5.97. The molecule has 0 radical (unpaired) electrons. The Kier molecular flexibility index (Phi) is 5.26. The predicted octanol–water partition coefficient (Wildman–Crippen LogP) is 4.73. The Labute approximate surface area is 177 Å². The first-order valence-electron chi connectivity index (χ1n) is 11.0. The van der Waals surface area contributed by atoms with Gasteiger partial charge in [-0.15, -0.1) is 0 Å². The van der Waals surface area contributed by atoms with Gasteiger partial charge in [0.15, 0.2) is 0 Å². The predicted molar refractivity (Wildman–Crippen MR) is 117 cm³/mol. The molecule has 2 amide bonds. The van der Waals surface area contributed by atoms with Crippen LogP contribution in [0.25, 0.3) is 0 Å². The van der Waals surface area contributed by atoms with Crippen LogP contribution in [0.5, 0.6) is 0 Å². The van der Waals surface area contributed by atoms with Crippen molar-refractivity contribution in [2.45, 2.75) is 50.1 Å². The summed E-state index contributed by atoms with van der Waals surface area (Å²) in [6.45, 7) is 1.28. The Morgan fingerprint density at radius 1 is 0.933 bits per heavy atom. The monoisotopic (exact) mass is 400 g/mol. The van der Waals surface area contributed by atoms with Crippen molar-refractivity contribution in [2.24, 2.45) is 0 Å². The Morgan fingerprint density at radius 2 is 1.53 bits per heavy atom. The van der Waals surface area contributed by atoms with Crippen LogP contribution in [-0.2, 0) is 6.54 Å². The summed E-state index contributed by atoms with van der Waals surface area (Å²) < 4.78 is 2.12. The second kappa shape index (κ2) is 8.34. The number of nitrogens with one attached hydrogen (secondary N) is 2. The van der Waals surface area contributed by atoms with E-state index < -0.39 is 0 Å². The zero-order valence-electron chi connectivity index (χ0n) is 17.1. The summed E-state index contributed by atoms with van der Waals surface area (Å²) in [6.07, 6.45) is 5.06. The van der Waals surface area contributed by atoms with Gasteiger partial charge in [-0.05, 0) is 42.9 Å². The van der Waals surface area contributed by atoms with Gasteiger partial charge in [0.05, 0.1) is 18.3 Å². The minimum absolute atomic E-state index is 0.157. The second-order valence-corrected chi connectivity index (χ2v) is 8.42. The number of amides is 2. The highest BCUT2D eigenvalue weighted by Gasteiger charge is 2.32. The SMILES string of the molecule is O=C(NCCn1nc(C2CC2)cc1C1CC1)NC(c1ccccc1)c1ccccc1. The van der Waals surface area contributed by atoms with E-state index in [-0.39, 0.29) is 12.1 Å². The van der Waals surface area contributed by atoms with E-state index in [1.807, 2.05) is 60.7 Å². The smallest absolute Gasteiger partial charge is 0.315 e. The lowest BCUT2D eigenvalue weighted by atomic mass is 9.99. The zero-order valence-corrected chi connectivity index (χ0v) is 17.1. The molecule has 1 heterocycles. The largest absolute Gasteiger partial charge is 0.336 e. The quantitative estimate of drug-likeness (QED) is 0.574. The number of nitrogens with zero attached hydrogens (tertiary/aromatic N) is 2. The molecule has 2 aromatic carbocycles. The molecule has 5 nitrogen and oxygen atoms in total. The maximum Gasteiger partial charge on any atom is 0.315 e. The molecule has 30 heavy (non-hydrogen) atoms. The lowest BCUT2D eigenvalue weighted by Gasteiger charge is -2.20. The fourth-order valence-corrected chi connectivity index (χ4v) is 4.02. The van der Waals surface area contributed by atoms with Gasteiger partial charge in [-0.1, -0.05) is 60.7 Å². The highest BCUT2D eigenvalue weighted by atomic mass is 16.2. The van der Waals surface area contributed by atoms with Crippen molar-refractivity contribution in [3.05, 3.63) is 89.2 Å². The summed E-state index contributed by atoms with van der Waals surface area (Å²) in [5, 5.41) is 11.0. The molecule has 0 atom stereocenters. The first-order valence-corrected chi connectivity index (χ1v) is 11.0. The third kappa shape index (κ3) is 4.40. The fourth-order valence-electron chi connectivity index (χ4n) is 4.02. The minimum Gasteiger partial charge on any atom is -0.336 e. The molecule has 0 spiro atoms. The molecular formula is C25H28N4O. The summed E-state index contributed by atoms with van der Waals surface area (Å²) in [5.41, 5.74) is 4.73. The summed E-state index contributed by atoms with van der Waals surface area (Å²) >= 11 is 0. The summed E-state index contributed by atoms with van der Waals surface area (Å²) in [4.78, 5) is 12.7. The van der Waals surface area contributed by atoms with Gasteiger partial charge in [0.25, 0.3) is 0 Å². The van der Waals surface area contributed by atoms with Crippen molar-refractivity contribution in [1.82, 2.24) is 20.4 Å². The minimum atomic E-state index is -0.180. The lowest BCUT2D eigenvalue weighted by molar-refractivity contribution is 0.238. The number of urea groups is 1. The van der Waals surface area contributed by atoms with Crippen LogP contribution in [0.3, 0.4) is 0 Å². The van der Waals surface area contributed by atoms with E-state index >= 15 is 0 Å². The summed E-state index contributed by atoms with van der Waals surface area (Å²) in [5.74, 6) is 1.33. The Hall–Kier alpha value is -3.08. The van der Waals surface area contributed by atoms with E-state index in [2.05, 4.69) is 21.4 Å².